The second-order valence-electron chi connectivity index (χ2n) is 29.9. The van der Waals surface area contributed by atoms with Crippen LogP contribution in [0.2, 0.25) is 0 Å². The normalized spacial score (nSPS) is 12.9. The van der Waals surface area contributed by atoms with Gasteiger partial charge in [-0.15, -0.1) is 0 Å². The van der Waals surface area contributed by atoms with Crippen molar-refractivity contribution >= 4 is 39.4 Å². The van der Waals surface area contributed by atoms with Gasteiger partial charge in [-0.05, 0) is 162 Å². The first-order valence-electron chi connectivity index (χ1n) is 42.6. The molecule has 0 bridgehead atoms. The Morgan fingerprint density at radius 3 is 1.20 bits per heavy atom. The lowest BCUT2D eigenvalue weighted by Gasteiger charge is -2.27. The zero-order valence-corrected chi connectivity index (χ0v) is 67.4. The second-order valence-corrected chi connectivity index (χ2v) is 32.6. The Morgan fingerprint density at radius 1 is 0.381 bits per heavy atom. The average Bonchev–Trinajstić information content (AvgIpc) is 3.20. The Labute approximate surface area is 612 Å². The molecule has 0 aromatic rings. The van der Waals surface area contributed by atoms with E-state index in [2.05, 4.69) is 72.1 Å². The quantitative estimate of drug-likeness (QED) is 0.0201. The molecular formula is C84H167N5O6S2. The molecule has 3 unspecified atom stereocenters. The fourth-order valence-corrected chi connectivity index (χ4v) is 15.7. The molecule has 0 fully saturated rings. The minimum atomic E-state index is -0.582. The fraction of sp³-hybridized carbons (Fsp3) is 0.940. The summed E-state index contributed by atoms with van der Waals surface area (Å²) in [6.07, 6.45) is 72.3. The number of amides is 2. The molecule has 3 atom stereocenters. The highest BCUT2D eigenvalue weighted by atomic mass is 33.1. The van der Waals surface area contributed by atoms with Crippen LogP contribution < -0.4 is 10.6 Å². The Bertz CT molecular complexity index is 1620. The van der Waals surface area contributed by atoms with E-state index >= 15 is 0 Å². The van der Waals surface area contributed by atoms with Gasteiger partial charge in [-0.3, -0.25) is 19.3 Å². The third-order valence-corrected chi connectivity index (χ3v) is 22.3. The molecule has 0 aliphatic heterocycles. The predicted octanol–water partition coefficient (Wildman–Crippen LogP) is 23.0. The monoisotopic (exact) mass is 1410 g/mol. The van der Waals surface area contributed by atoms with Crippen molar-refractivity contribution in [3.05, 3.63) is 12.2 Å². The van der Waals surface area contributed by atoms with Crippen LogP contribution in [0.1, 0.15) is 407 Å². The number of hydrogen-bond acceptors (Lipinski definition) is 11. The first kappa shape index (κ1) is 95.6. The number of carbonyl (C=O) groups is 3. The molecule has 0 radical (unpaired) electrons. The maximum Gasteiger partial charge on any atom is 0.306 e. The van der Waals surface area contributed by atoms with Crippen molar-refractivity contribution < 1.29 is 29.3 Å². The molecule has 13 heteroatoms. The second kappa shape index (κ2) is 77.3. The summed E-state index contributed by atoms with van der Waals surface area (Å²) < 4.78 is 6.17. The van der Waals surface area contributed by atoms with E-state index in [1.54, 1.807) is 0 Å². The molecule has 0 spiro atoms. The van der Waals surface area contributed by atoms with Gasteiger partial charge in [0.05, 0.1) is 12.2 Å². The van der Waals surface area contributed by atoms with Crippen molar-refractivity contribution in [2.24, 2.45) is 0 Å². The van der Waals surface area contributed by atoms with Crippen LogP contribution in [0.3, 0.4) is 0 Å². The number of allylic oxidation sites excluding steroid dienone is 2. The Hall–Kier alpha value is -1.35. The summed E-state index contributed by atoms with van der Waals surface area (Å²) in [5.74, 6) is 1.67. The molecule has 0 rings (SSSR count). The van der Waals surface area contributed by atoms with E-state index in [-0.39, 0.29) is 23.9 Å². The van der Waals surface area contributed by atoms with Gasteiger partial charge in [-0.25, -0.2) is 0 Å². The van der Waals surface area contributed by atoms with Crippen LogP contribution in [-0.4, -0.2) is 145 Å². The van der Waals surface area contributed by atoms with Gasteiger partial charge in [0.15, 0.2) is 0 Å². The van der Waals surface area contributed by atoms with Crippen LogP contribution in [0.4, 0.5) is 0 Å². The largest absolute Gasteiger partial charge is 0.462 e. The van der Waals surface area contributed by atoms with Crippen molar-refractivity contribution in [1.29, 1.82) is 0 Å². The minimum absolute atomic E-state index is 0.0292. The number of esters is 1. The summed E-state index contributed by atoms with van der Waals surface area (Å²) in [7, 11) is 7.82. The van der Waals surface area contributed by atoms with Crippen LogP contribution in [0.15, 0.2) is 12.2 Å². The molecule has 0 aromatic carbocycles. The maximum atomic E-state index is 13.7. The van der Waals surface area contributed by atoms with Crippen molar-refractivity contribution in [1.82, 2.24) is 25.3 Å². The van der Waals surface area contributed by atoms with Gasteiger partial charge >= 0.3 is 5.97 Å². The van der Waals surface area contributed by atoms with Crippen LogP contribution in [0.25, 0.3) is 0 Å². The van der Waals surface area contributed by atoms with Crippen molar-refractivity contribution in [3.63, 3.8) is 0 Å². The van der Waals surface area contributed by atoms with Gasteiger partial charge in [0.2, 0.25) is 11.8 Å². The van der Waals surface area contributed by atoms with Crippen molar-refractivity contribution in [2.45, 2.75) is 431 Å². The number of unbranched alkanes of at least 4 members (excludes halogenated alkanes) is 41. The standard InChI is InChI=1S/C84H167N5O6S2/c1-8-13-18-23-28-31-32-33-34-35-36-37-38-41-48-55-70-88(71-56-49-42-47-54-66-83(93)95-80(63-52-45-26-21-16-11-4)64-53-46-27-22-17-12-5)72-57-58-74-96-97-75-67-81(84(94)85-68-60-69-87(6)7)86-82(92)65-59-73-89(76-78(90)61-50-43-39-29-24-19-14-9-2)77-79(91)62-51-44-40-30-25-20-15-10-3/h33-34,78-81,90-91H,8-32,35-77H2,1-7H3,(H,85,94)(H,86,92)/b34-33-. The van der Waals surface area contributed by atoms with Gasteiger partial charge in [0.25, 0.3) is 0 Å². The van der Waals surface area contributed by atoms with Gasteiger partial charge in [-0.1, -0.05) is 312 Å². The van der Waals surface area contributed by atoms with E-state index in [0.29, 0.717) is 51.9 Å². The number of nitrogens with zero attached hydrogens (tertiary/aromatic N) is 3. The fourth-order valence-electron chi connectivity index (χ4n) is 13.4. The van der Waals surface area contributed by atoms with Crippen LogP contribution in [0.5, 0.6) is 0 Å². The van der Waals surface area contributed by atoms with Crippen LogP contribution in [0, 0.1) is 0 Å². The molecule has 0 aliphatic carbocycles. The first-order chi connectivity index (χ1) is 47.5. The highest BCUT2D eigenvalue weighted by Crippen LogP contribution is 2.25. The molecule has 0 saturated heterocycles. The average molecular weight is 1410 g/mol. The van der Waals surface area contributed by atoms with Crippen molar-refractivity contribution in [3.8, 4) is 0 Å². The topological polar surface area (TPSA) is 135 Å². The zero-order valence-electron chi connectivity index (χ0n) is 65.7. The zero-order chi connectivity index (χ0) is 70.8. The lowest BCUT2D eigenvalue weighted by molar-refractivity contribution is -0.150. The number of rotatable bonds is 80. The van der Waals surface area contributed by atoms with Gasteiger partial charge in [0.1, 0.15) is 12.1 Å². The summed E-state index contributed by atoms with van der Waals surface area (Å²) in [6.45, 7) is 17.9. The number of hydrogen-bond donors (Lipinski definition) is 4. The lowest BCUT2D eigenvalue weighted by atomic mass is 10.0. The third kappa shape index (κ3) is 71.4. The SMILES string of the molecule is CCCCCCCC/C=C\CCCCCCCCN(CCCCCCCC(=O)OC(CCCCCCCC)CCCCCCCC)CCCCSSCCC(NC(=O)CCCN(CC(O)CCCCCCCCCC)CC(O)CCCCCCCCCC)C(=O)NCCCN(C)C. The smallest absolute Gasteiger partial charge is 0.306 e. The minimum Gasteiger partial charge on any atom is -0.462 e. The summed E-state index contributed by atoms with van der Waals surface area (Å²) in [5, 5.41) is 28.7. The molecule has 2 amide bonds. The number of nitrogens with one attached hydrogen (secondary N) is 2. The summed E-state index contributed by atoms with van der Waals surface area (Å²) in [6, 6.07) is -0.582. The van der Waals surface area contributed by atoms with E-state index in [1.165, 1.54) is 276 Å². The van der Waals surface area contributed by atoms with E-state index in [0.717, 1.165) is 108 Å². The number of carbonyl (C=O) groups excluding carboxylic acids is 3. The molecule has 4 N–H and O–H groups in total. The predicted molar refractivity (Wildman–Crippen MR) is 428 cm³/mol. The van der Waals surface area contributed by atoms with Crippen molar-refractivity contribution in [2.75, 3.05) is 78.0 Å². The van der Waals surface area contributed by atoms with Crippen LogP contribution in [-0.2, 0) is 19.1 Å². The van der Waals surface area contributed by atoms with E-state index in [1.807, 2.05) is 35.7 Å². The first-order valence-corrected chi connectivity index (χ1v) is 45.1. The summed E-state index contributed by atoms with van der Waals surface area (Å²) >= 11 is 0. The molecule has 11 nitrogen and oxygen atoms in total. The molecule has 0 saturated carbocycles. The Kier molecular flexibility index (Phi) is 76.2. The highest BCUT2D eigenvalue weighted by Gasteiger charge is 2.22. The number of ether oxygens (including phenoxy) is 1. The highest BCUT2D eigenvalue weighted by molar-refractivity contribution is 8.76. The lowest BCUT2D eigenvalue weighted by Crippen LogP contribution is -2.47. The van der Waals surface area contributed by atoms with Gasteiger partial charge in [-0.2, -0.15) is 0 Å². The Morgan fingerprint density at radius 2 is 0.753 bits per heavy atom. The van der Waals surface area contributed by atoms with E-state index in [4.69, 9.17) is 4.74 Å². The molecular weight excluding hydrogens is 1240 g/mol. The number of aliphatic hydroxyl groups excluding tert-OH is 2. The van der Waals surface area contributed by atoms with Crippen LogP contribution >= 0.6 is 21.6 Å². The summed E-state index contributed by atoms with van der Waals surface area (Å²) in [4.78, 5) is 47.5. The molecule has 0 aromatic heterocycles. The maximum absolute atomic E-state index is 13.7. The molecule has 0 heterocycles. The van der Waals surface area contributed by atoms with Gasteiger partial charge in [0, 0.05) is 44.0 Å². The summed E-state index contributed by atoms with van der Waals surface area (Å²) in [5.41, 5.74) is 0. The van der Waals surface area contributed by atoms with Gasteiger partial charge < -0.3 is 35.4 Å². The molecule has 97 heavy (non-hydrogen) atoms. The molecule has 576 valence electrons. The third-order valence-electron chi connectivity index (χ3n) is 19.8. The number of aliphatic hydroxyl groups is 2. The van der Waals surface area contributed by atoms with E-state index < -0.39 is 18.2 Å². The van der Waals surface area contributed by atoms with E-state index in [9.17, 15) is 24.6 Å². The Balaban J connectivity index is 5.40. The molecule has 0 aliphatic rings.